The normalized spacial score (nSPS) is 12.7. The van der Waals surface area contributed by atoms with Crippen LogP contribution in [0.1, 0.15) is 147 Å². The minimum Gasteiger partial charge on any atom is -0.465 e. The summed E-state index contributed by atoms with van der Waals surface area (Å²) in [6.07, 6.45) is 20.4. The second-order valence-electron chi connectivity index (χ2n) is 13.8. The second kappa shape index (κ2) is 30.0. The number of amides is 2. The minimum absolute atomic E-state index is 0.0531. The van der Waals surface area contributed by atoms with Crippen molar-refractivity contribution in [3.63, 3.8) is 0 Å². The first-order valence-corrected chi connectivity index (χ1v) is 21.4. The van der Waals surface area contributed by atoms with Crippen molar-refractivity contribution >= 4 is 35.5 Å². The average Bonchev–Trinajstić information content (AvgIpc) is 3.17. The molecule has 0 saturated heterocycles. The Morgan fingerprint density at radius 2 is 1.19 bits per heavy atom. The van der Waals surface area contributed by atoms with Crippen molar-refractivity contribution in [2.75, 3.05) is 19.0 Å². The van der Waals surface area contributed by atoms with Crippen LogP contribution in [0.2, 0.25) is 0 Å². The van der Waals surface area contributed by atoms with Gasteiger partial charge in [-0.3, -0.25) is 14.4 Å². The van der Waals surface area contributed by atoms with Crippen LogP contribution >= 0.6 is 11.8 Å². The summed E-state index contributed by atoms with van der Waals surface area (Å²) in [5.74, 6) is -1.13. The maximum atomic E-state index is 13.5. The lowest BCUT2D eigenvalue weighted by Gasteiger charge is -2.23. The zero-order chi connectivity index (χ0) is 38.4. The highest BCUT2D eigenvalue weighted by atomic mass is 32.2. The number of rotatable bonds is 31. The number of esters is 2. The molecule has 0 bridgehead atoms. The quantitative estimate of drug-likeness (QED) is 0.0514. The van der Waals surface area contributed by atoms with Crippen LogP contribution in [0.4, 0.5) is 0 Å². The number of carbonyl (C=O) groups is 4. The first kappa shape index (κ1) is 45.8. The average molecular weight is 754 g/mol. The molecule has 0 aliphatic heterocycles. The van der Waals surface area contributed by atoms with Crippen LogP contribution in [-0.2, 0) is 34.4 Å². The molecule has 0 heterocycles. The predicted molar refractivity (Wildman–Crippen MR) is 216 cm³/mol. The summed E-state index contributed by atoms with van der Waals surface area (Å²) in [4.78, 5) is 51.9. The van der Waals surface area contributed by atoms with Crippen molar-refractivity contribution < 1.29 is 28.7 Å². The van der Waals surface area contributed by atoms with E-state index in [1.54, 1.807) is 31.2 Å². The Morgan fingerprint density at radius 1 is 0.660 bits per heavy atom. The molecule has 296 valence electrons. The Morgan fingerprint density at radius 3 is 1.74 bits per heavy atom. The highest BCUT2D eigenvalue weighted by Crippen LogP contribution is 2.18. The maximum Gasteiger partial charge on any atom is 0.333 e. The van der Waals surface area contributed by atoms with Gasteiger partial charge in [0.25, 0.3) is 0 Å². The highest BCUT2D eigenvalue weighted by Gasteiger charge is 2.29. The standard InChI is InChI=1S/C43H67N3O6S/c1-3-5-6-7-8-9-10-11-12-13-14-15-16-17-18-25-32-52-42(49)37(44)30-31-39(47)45-38(34-53-33-35-26-21-19-22-27-35)41(48)46-40(43(50)51-4-2)36-28-23-20-24-29-36/h19-24,26-29,37-38,40H,3-18,25,30-34,44H2,1-2H3,(H,45,47)(H,46,48)/t37-,38-,40+/m0/s1. The molecule has 0 spiro atoms. The third-order valence-corrected chi connectivity index (χ3v) is 10.3. The van der Waals surface area contributed by atoms with Gasteiger partial charge < -0.3 is 25.8 Å². The third-order valence-electron chi connectivity index (χ3n) is 9.22. The fourth-order valence-electron chi connectivity index (χ4n) is 6.04. The number of nitrogens with one attached hydrogen (secondary N) is 2. The van der Waals surface area contributed by atoms with Gasteiger partial charge in [-0.25, -0.2) is 4.79 Å². The SMILES string of the molecule is CCCCCCCCCCCCCCCCCCOC(=O)[C@@H](N)CCC(=O)N[C@@H](CSCc1ccccc1)C(=O)N[C@@H](C(=O)OCC)c1ccccc1. The molecule has 0 aromatic heterocycles. The monoisotopic (exact) mass is 753 g/mol. The number of benzene rings is 2. The van der Waals surface area contributed by atoms with Gasteiger partial charge in [0.05, 0.1) is 13.2 Å². The van der Waals surface area contributed by atoms with E-state index in [1.165, 1.54) is 95.2 Å². The molecule has 2 amide bonds. The summed E-state index contributed by atoms with van der Waals surface area (Å²) in [5, 5.41) is 5.58. The number of unbranched alkanes of at least 4 members (excludes halogenated alkanes) is 15. The van der Waals surface area contributed by atoms with Crippen LogP contribution in [0.5, 0.6) is 0 Å². The van der Waals surface area contributed by atoms with Gasteiger partial charge >= 0.3 is 11.9 Å². The lowest BCUT2D eigenvalue weighted by molar-refractivity contribution is -0.148. The molecule has 9 nitrogen and oxygen atoms in total. The summed E-state index contributed by atoms with van der Waals surface area (Å²) in [7, 11) is 0. The minimum atomic E-state index is -1.03. The number of carbonyl (C=O) groups excluding carboxylic acids is 4. The van der Waals surface area contributed by atoms with Crippen LogP contribution in [0.3, 0.4) is 0 Å². The van der Waals surface area contributed by atoms with Crippen molar-refractivity contribution in [2.45, 2.75) is 153 Å². The summed E-state index contributed by atoms with van der Waals surface area (Å²) in [6.45, 7) is 4.45. The zero-order valence-corrected chi connectivity index (χ0v) is 33.3. The molecule has 2 aromatic carbocycles. The van der Waals surface area contributed by atoms with Gasteiger partial charge in [0.15, 0.2) is 6.04 Å². The van der Waals surface area contributed by atoms with Gasteiger partial charge in [-0.15, -0.1) is 0 Å². The summed E-state index contributed by atoms with van der Waals surface area (Å²) < 4.78 is 10.6. The Bertz CT molecular complexity index is 1270. The first-order chi connectivity index (χ1) is 25.8. The Kier molecular flexibility index (Phi) is 25.9. The molecule has 0 fully saturated rings. The lowest BCUT2D eigenvalue weighted by atomic mass is 10.0. The van der Waals surface area contributed by atoms with Gasteiger partial charge in [-0.2, -0.15) is 11.8 Å². The van der Waals surface area contributed by atoms with E-state index in [4.69, 9.17) is 15.2 Å². The number of hydrogen-bond donors (Lipinski definition) is 3. The van der Waals surface area contributed by atoms with E-state index in [0.717, 1.165) is 24.8 Å². The van der Waals surface area contributed by atoms with Crippen molar-refractivity contribution in [3.05, 3.63) is 71.8 Å². The molecule has 0 unspecified atom stereocenters. The Balaban J connectivity index is 1.69. The van der Waals surface area contributed by atoms with Gasteiger partial charge in [-0.05, 0) is 30.9 Å². The topological polar surface area (TPSA) is 137 Å². The Hall–Kier alpha value is -3.37. The molecule has 0 saturated carbocycles. The molecule has 4 N–H and O–H groups in total. The van der Waals surface area contributed by atoms with E-state index in [0.29, 0.717) is 17.9 Å². The molecule has 0 aliphatic rings. The summed E-state index contributed by atoms with van der Waals surface area (Å²) in [6, 6.07) is 15.8. The fourth-order valence-corrected chi connectivity index (χ4v) is 7.06. The van der Waals surface area contributed by atoms with Gasteiger partial charge in [0.1, 0.15) is 12.1 Å². The smallest absolute Gasteiger partial charge is 0.333 e. The van der Waals surface area contributed by atoms with Gasteiger partial charge in [0, 0.05) is 17.9 Å². The Labute approximate surface area is 323 Å². The number of hydrogen-bond acceptors (Lipinski definition) is 8. The zero-order valence-electron chi connectivity index (χ0n) is 32.5. The molecule has 0 radical (unpaired) electrons. The second-order valence-corrected chi connectivity index (χ2v) is 14.9. The van der Waals surface area contributed by atoms with E-state index in [9.17, 15) is 19.2 Å². The van der Waals surface area contributed by atoms with Crippen LogP contribution < -0.4 is 16.4 Å². The summed E-state index contributed by atoms with van der Waals surface area (Å²) in [5.41, 5.74) is 7.73. The van der Waals surface area contributed by atoms with E-state index >= 15 is 0 Å². The fraction of sp³-hybridized carbons (Fsp3) is 0.628. The number of nitrogens with two attached hydrogens (primary N) is 1. The van der Waals surface area contributed by atoms with Crippen LogP contribution in [-0.4, -0.2) is 54.8 Å². The van der Waals surface area contributed by atoms with Crippen molar-refractivity contribution in [1.29, 1.82) is 0 Å². The van der Waals surface area contributed by atoms with E-state index in [2.05, 4.69) is 17.6 Å². The van der Waals surface area contributed by atoms with E-state index in [-0.39, 0.29) is 25.2 Å². The van der Waals surface area contributed by atoms with Crippen molar-refractivity contribution in [1.82, 2.24) is 10.6 Å². The van der Waals surface area contributed by atoms with Gasteiger partial charge in [-0.1, -0.05) is 164 Å². The molecule has 53 heavy (non-hydrogen) atoms. The van der Waals surface area contributed by atoms with Crippen LogP contribution in [0.25, 0.3) is 0 Å². The molecule has 0 aliphatic carbocycles. The third kappa shape index (κ3) is 21.8. The maximum absolute atomic E-state index is 13.5. The van der Waals surface area contributed by atoms with Crippen LogP contribution in [0, 0.1) is 0 Å². The van der Waals surface area contributed by atoms with Crippen molar-refractivity contribution in [2.24, 2.45) is 5.73 Å². The highest BCUT2D eigenvalue weighted by molar-refractivity contribution is 7.98. The predicted octanol–water partition coefficient (Wildman–Crippen LogP) is 8.74. The van der Waals surface area contributed by atoms with Crippen LogP contribution in [0.15, 0.2) is 60.7 Å². The number of thioether (sulfide) groups is 1. The molecule has 10 heteroatoms. The molecule has 2 rings (SSSR count). The molecular formula is C43H67N3O6S. The largest absolute Gasteiger partial charge is 0.465 e. The van der Waals surface area contributed by atoms with E-state index < -0.39 is 41.9 Å². The molecular weight excluding hydrogens is 687 g/mol. The lowest BCUT2D eigenvalue weighted by Crippen LogP contribution is -2.50. The van der Waals surface area contributed by atoms with Gasteiger partial charge in [0.2, 0.25) is 11.8 Å². The van der Waals surface area contributed by atoms with E-state index in [1.807, 2.05) is 36.4 Å². The summed E-state index contributed by atoms with van der Waals surface area (Å²) >= 11 is 1.49. The first-order valence-electron chi connectivity index (χ1n) is 20.2. The van der Waals surface area contributed by atoms with Crippen molar-refractivity contribution in [3.8, 4) is 0 Å². The molecule has 2 aromatic rings. The molecule has 3 atom stereocenters. The number of ether oxygens (including phenoxy) is 2.